The number of imidazole rings is 2. The molecule has 2 fully saturated rings. The minimum atomic E-state index is -0.175. The Balaban J connectivity index is 1.25. The van der Waals surface area contributed by atoms with E-state index in [-0.39, 0.29) is 17.6 Å². The highest BCUT2D eigenvalue weighted by Gasteiger charge is 2.28. The van der Waals surface area contributed by atoms with E-state index in [0.717, 1.165) is 42.8 Å². The fraction of sp³-hybridized carbons (Fsp3) is 0.435. The number of anilines is 1. The minimum absolute atomic E-state index is 0.0642. The summed E-state index contributed by atoms with van der Waals surface area (Å²) >= 11 is 0. The third-order valence-electron chi connectivity index (χ3n) is 6.84. The molecule has 1 aliphatic heterocycles. The van der Waals surface area contributed by atoms with Crippen molar-refractivity contribution in [3.8, 4) is 0 Å². The molecule has 4 heterocycles. The molecule has 0 spiro atoms. The van der Waals surface area contributed by atoms with E-state index in [9.17, 15) is 9.59 Å². The fourth-order valence-corrected chi connectivity index (χ4v) is 4.83. The summed E-state index contributed by atoms with van der Waals surface area (Å²) < 4.78 is 3.62. The molecule has 4 aromatic rings. The van der Waals surface area contributed by atoms with Crippen LogP contribution < -0.4 is 15.9 Å². The van der Waals surface area contributed by atoms with Gasteiger partial charge in [0.25, 0.3) is 5.91 Å². The van der Waals surface area contributed by atoms with Crippen molar-refractivity contribution in [3.63, 3.8) is 0 Å². The predicted octanol–water partition coefficient (Wildman–Crippen LogP) is 1.99. The number of para-hydroxylation sites is 2. The van der Waals surface area contributed by atoms with Crippen LogP contribution in [-0.4, -0.2) is 54.6 Å². The fourth-order valence-electron chi connectivity index (χ4n) is 4.83. The Morgan fingerprint density at radius 2 is 1.94 bits per heavy atom. The highest BCUT2D eigenvalue weighted by atomic mass is 16.2. The van der Waals surface area contributed by atoms with Crippen LogP contribution in [0.4, 0.5) is 5.82 Å². The first-order valence-corrected chi connectivity index (χ1v) is 11.5. The number of hydrogen-bond donors (Lipinski definition) is 2. The van der Waals surface area contributed by atoms with Crippen molar-refractivity contribution >= 4 is 33.9 Å². The van der Waals surface area contributed by atoms with E-state index in [1.165, 1.54) is 19.2 Å². The van der Waals surface area contributed by atoms with E-state index in [1.54, 1.807) is 4.57 Å². The van der Waals surface area contributed by atoms with E-state index < -0.39 is 0 Å². The number of piperidine rings is 1. The maximum absolute atomic E-state index is 12.7. The van der Waals surface area contributed by atoms with Gasteiger partial charge in [0.05, 0.1) is 11.0 Å². The maximum atomic E-state index is 12.7. The van der Waals surface area contributed by atoms with Crippen molar-refractivity contribution in [2.24, 2.45) is 13.0 Å². The van der Waals surface area contributed by atoms with Gasteiger partial charge in [-0.1, -0.05) is 12.1 Å². The van der Waals surface area contributed by atoms with Crippen molar-refractivity contribution in [3.05, 3.63) is 46.9 Å². The minimum Gasteiger partial charge on any atom is -0.355 e. The SMILES string of the molecule is Cn1c(C(=O)NCC2CC2)nc2c(N3CCC(n4c(=O)[nH]c5ccccc54)CC3)ncnc21. The molecule has 1 saturated carbocycles. The van der Waals surface area contributed by atoms with Crippen LogP contribution in [0.15, 0.2) is 35.4 Å². The van der Waals surface area contributed by atoms with Crippen LogP contribution in [0.3, 0.4) is 0 Å². The zero-order valence-corrected chi connectivity index (χ0v) is 18.5. The molecule has 3 aromatic heterocycles. The van der Waals surface area contributed by atoms with Gasteiger partial charge in [-0.25, -0.2) is 19.7 Å². The molecule has 6 rings (SSSR count). The standard InChI is InChI=1S/C23H26N8O2/c1-29-19-18(28-21(29)22(32)24-12-14-6-7-14)20(26-13-25-19)30-10-8-15(9-11-30)31-17-5-3-2-4-16(17)27-23(31)33/h2-5,13-15H,6-12H2,1H3,(H,24,32)(H,27,33). The van der Waals surface area contributed by atoms with Crippen molar-refractivity contribution in [2.45, 2.75) is 31.7 Å². The molecule has 1 aliphatic carbocycles. The quantitative estimate of drug-likeness (QED) is 0.485. The van der Waals surface area contributed by atoms with Gasteiger partial charge in [-0.15, -0.1) is 0 Å². The molecule has 1 aromatic carbocycles. The predicted molar refractivity (Wildman–Crippen MR) is 124 cm³/mol. The van der Waals surface area contributed by atoms with Crippen LogP contribution in [-0.2, 0) is 7.05 Å². The van der Waals surface area contributed by atoms with Gasteiger partial charge in [-0.05, 0) is 43.7 Å². The van der Waals surface area contributed by atoms with Gasteiger partial charge in [0, 0.05) is 32.7 Å². The Morgan fingerprint density at radius 3 is 2.73 bits per heavy atom. The monoisotopic (exact) mass is 446 g/mol. The number of carbonyl (C=O) groups excluding carboxylic acids is 1. The van der Waals surface area contributed by atoms with Crippen LogP contribution in [0, 0.1) is 5.92 Å². The summed E-state index contributed by atoms with van der Waals surface area (Å²) in [7, 11) is 1.81. The third-order valence-corrected chi connectivity index (χ3v) is 6.84. The number of amides is 1. The number of aromatic nitrogens is 6. The zero-order valence-electron chi connectivity index (χ0n) is 18.5. The van der Waals surface area contributed by atoms with Crippen molar-refractivity contribution < 1.29 is 4.79 Å². The molecule has 10 nitrogen and oxygen atoms in total. The van der Waals surface area contributed by atoms with E-state index in [1.807, 2.05) is 35.9 Å². The number of hydrogen-bond acceptors (Lipinski definition) is 6. The number of aryl methyl sites for hydroxylation is 1. The molecular formula is C23H26N8O2. The van der Waals surface area contributed by atoms with E-state index in [0.29, 0.717) is 29.5 Å². The summed E-state index contributed by atoms with van der Waals surface area (Å²) in [6, 6.07) is 7.92. The molecule has 0 radical (unpaired) electrons. The molecule has 1 saturated heterocycles. The van der Waals surface area contributed by atoms with Gasteiger partial charge >= 0.3 is 5.69 Å². The lowest BCUT2D eigenvalue weighted by atomic mass is 10.0. The number of carbonyl (C=O) groups is 1. The second-order valence-electron chi connectivity index (χ2n) is 9.05. The number of aromatic amines is 1. The number of nitrogens with one attached hydrogen (secondary N) is 2. The highest BCUT2D eigenvalue weighted by Crippen LogP contribution is 2.30. The summed E-state index contributed by atoms with van der Waals surface area (Å²) in [6.07, 6.45) is 5.52. The normalized spacial score (nSPS) is 17.2. The van der Waals surface area contributed by atoms with Gasteiger partial charge < -0.3 is 19.8 Å². The molecule has 2 aliphatic rings. The van der Waals surface area contributed by atoms with Crippen molar-refractivity contribution in [1.82, 2.24) is 34.4 Å². The first-order chi connectivity index (χ1) is 16.1. The second kappa shape index (κ2) is 7.72. The smallest absolute Gasteiger partial charge is 0.326 e. The lowest BCUT2D eigenvalue weighted by Gasteiger charge is -2.33. The van der Waals surface area contributed by atoms with Crippen LogP contribution in [0.1, 0.15) is 42.3 Å². The average Bonchev–Trinajstić information content (AvgIpc) is 3.52. The summed E-state index contributed by atoms with van der Waals surface area (Å²) in [4.78, 5) is 43.9. The Labute approximate surface area is 189 Å². The number of rotatable bonds is 5. The number of nitrogens with zero attached hydrogens (tertiary/aromatic N) is 6. The molecule has 1 amide bonds. The maximum Gasteiger partial charge on any atom is 0.326 e. The Bertz CT molecular complexity index is 1410. The van der Waals surface area contributed by atoms with Gasteiger partial charge in [0.1, 0.15) is 6.33 Å². The Hall–Kier alpha value is -3.69. The average molecular weight is 447 g/mol. The zero-order chi connectivity index (χ0) is 22.5. The summed E-state index contributed by atoms with van der Waals surface area (Å²) in [5.41, 5.74) is 3.02. The second-order valence-corrected chi connectivity index (χ2v) is 9.05. The van der Waals surface area contributed by atoms with Crippen LogP contribution in [0.2, 0.25) is 0 Å². The lowest BCUT2D eigenvalue weighted by Crippen LogP contribution is -2.37. The lowest BCUT2D eigenvalue weighted by molar-refractivity contribution is 0.0939. The van der Waals surface area contributed by atoms with Gasteiger partial charge in [-0.2, -0.15) is 0 Å². The topological polar surface area (TPSA) is 114 Å². The molecule has 2 N–H and O–H groups in total. The van der Waals surface area contributed by atoms with Crippen molar-refractivity contribution in [2.75, 3.05) is 24.5 Å². The summed E-state index contributed by atoms with van der Waals surface area (Å²) in [5, 5.41) is 2.98. The summed E-state index contributed by atoms with van der Waals surface area (Å²) in [6.45, 7) is 2.17. The molecular weight excluding hydrogens is 420 g/mol. The number of H-pyrrole nitrogens is 1. The van der Waals surface area contributed by atoms with Crippen LogP contribution >= 0.6 is 0 Å². The summed E-state index contributed by atoms with van der Waals surface area (Å²) in [5.74, 6) is 1.52. The van der Waals surface area contributed by atoms with E-state index in [4.69, 9.17) is 0 Å². The van der Waals surface area contributed by atoms with Gasteiger partial charge in [0.2, 0.25) is 5.82 Å². The largest absolute Gasteiger partial charge is 0.355 e. The first kappa shape index (κ1) is 20.0. The van der Waals surface area contributed by atoms with E-state index >= 15 is 0 Å². The molecule has 0 unspecified atom stereocenters. The van der Waals surface area contributed by atoms with Crippen LogP contribution in [0.5, 0.6) is 0 Å². The van der Waals surface area contributed by atoms with Crippen molar-refractivity contribution in [1.29, 1.82) is 0 Å². The molecule has 0 atom stereocenters. The van der Waals surface area contributed by atoms with E-state index in [2.05, 4.69) is 30.2 Å². The molecule has 33 heavy (non-hydrogen) atoms. The first-order valence-electron chi connectivity index (χ1n) is 11.5. The third kappa shape index (κ3) is 3.46. The highest BCUT2D eigenvalue weighted by molar-refractivity contribution is 5.96. The van der Waals surface area contributed by atoms with Gasteiger partial charge in [0.15, 0.2) is 17.0 Å². The number of fused-ring (bicyclic) bond motifs is 2. The molecule has 170 valence electrons. The van der Waals surface area contributed by atoms with Crippen LogP contribution in [0.25, 0.3) is 22.2 Å². The number of benzene rings is 1. The van der Waals surface area contributed by atoms with Gasteiger partial charge in [-0.3, -0.25) is 9.36 Å². The Morgan fingerprint density at radius 1 is 1.15 bits per heavy atom. The molecule has 0 bridgehead atoms. The molecule has 10 heteroatoms. The Kier molecular flexibility index (Phi) is 4.67.